The van der Waals surface area contributed by atoms with Crippen molar-refractivity contribution in [2.45, 2.75) is 0 Å². The Balaban J connectivity index is 0.000000218. The Morgan fingerprint density at radius 1 is 1.00 bits per heavy atom. The Morgan fingerprint density at radius 3 is 1.55 bits per heavy atom. The van der Waals surface area contributed by atoms with Crippen molar-refractivity contribution in [1.82, 2.24) is 0 Å². The molecule has 0 fully saturated rings. The summed E-state index contributed by atoms with van der Waals surface area (Å²) in [6, 6.07) is 9.87. The van der Waals surface area contributed by atoms with E-state index in [9.17, 15) is 0 Å². The van der Waals surface area contributed by atoms with Crippen molar-refractivity contribution in [3.63, 3.8) is 0 Å². The van der Waals surface area contributed by atoms with Crippen molar-refractivity contribution < 1.29 is 37.1 Å². The van der Waals surface area contributed by atoms with Crippen LogP contribution in [0.3, 0.4) is 0 Å². The first kappa shape index (κ1) is 10.8. The van der Waals surface area contributed by atoms with Crippen LogP contribution in [0.5, 0.6) is 0 Å². The van der Waals surface area contributed by atoms with E-state index in [0.717, 1.165) is 5.69 Å². The van der Waals surface area contributed by atoms with Crippen LogP contribution in [0.15, 0.2) is 30.3 Å². The van der Waals surface area contributed by atoms with Gasteiger partial charge in [-0.05, 0) is 12.1 Å². The van der Waals surface area contributed by atoms with Gasteiger partial charge in [0.2, 0.25) is 0 Å². The highest BCUT2D eigenvalue weighted by Gasteiger charge is 1.77. The standard InChI is InChI=1S/C6H7N.IO3/c7-6-4-2-1-3-5-6;2-1(3)4/h1-5H,7H2;/q;-1/p+1. The van der Waals surface area contributed by atoms with Gasteiger partial charge < -0.3 is 16.0 Å². The zero-order valence-electron chi connectivity index (χ0n) is 5.70. The van der Waals surface area contributed by atoms with E-state index in [-0.39, 0.29) is 0 Å². The normalized spacial score (nSPS) is 8.82. The van der Waals surface area contributed by atoms with Crippen molar-refractivity contribution >= 4 is 5.69 Å². The first-order chi connectivity index (χ1) is 5.13. The van der Waals surface area contributed by atoms with Crippen molar-refractivity contribution in [2.24, 2.45) is 0 Å². The number of hydrogen-bond acceptors (Lipinski definition) is 3. The third-order valence-corrected chi connectivity index (χ3v) is 0.843. The Labute approximate surface area is 73.3 Å². The number of halogens is 1. The topological polar surface area (TPSA) is 96.8 Å². The highest BCUT2D eigenvalue weighted by molar-refractivity contribution is 5.25. The molecular formula is C6H8INO3. The van der Waals surface area contributed by atoms with Gasteiger partial charge in [-0.2, -0.15) is 0 Å². The molecule has 5 heteroatoms. The number of benzene rings is 1. The van der Waals surface area contributed by atoms with Gasteiger partial charge in [-0.3, -0.25) is 0 Å². The van der Waals surface area contributed by atoms with Gasteiger partial charge in [-0.15, -0.1) is 0 Å². The van der Waals surface area contributed by atoms with Crippen LogP contribution in [0.2, 0.25) is 0 Å². The van der Waals surface area contributed by atoms with Crippen LogP contribution in [0.4, 0.5) is 5.69 Å². The molecule has 3 N–H and O–H groups in total. The maximum Gasteiger partial charge on any atom is 0.282 e. The molecule has 1 aromatic rings. The van der Waals surface area contributed by atoms with Crippen LogP contribution in [0, 0.1) is 0 Å². The van der Waals surface area contributed by atoms with Gasteiger partial charge in [-0.25, -0.2) is 0 Å². The second-order valence-electron chi connectivity index (χ2n) is 1.67. The number of quaternary nitrogens is 1. The summed E-state index contributed by atoms with van der Waals surface area (Å²) < 4.78 is 25.7. The van der Waals surface area contributed by atoms with E-state index in [0.29, 0.717) is 0 Å². The van der Waals surface area contributed by atoms with E-state index < -0.39 is 21.1 Å². The fourth-order valence-electron chi connectivity index (χ4n) is 0.478. The molecule has 0 aliphatic rings. The number of rotatable bonds is 0. The molecule has 0 spiro atoms. The second-order valence-corrected chi connectivity index (χ2v) is 2.75. The summed E-state index contributed by atoms with van der Waals surface area (Å²) >= 11 is -4.01. The van der Waals surface area contributed by atoms with Crippen LogP contribution in [0.25, 0.3) is 0 Å². The highest BCUT2D eigenvalue weighted by Crippen LogP contribution is 1.93. The third kappa shape index (κ3) is 9.79. The minimum absolute atomic E-state index is 1.07. The molecule has 11 heavy (non-hydrogen) atoms. The quantitative estimate of drug-likeness (QED) is 0.475. The Kier molecular flexibility index (Phi) is 6.37. The molecule has 1 aromatic carbocycles. The van der Waals surface area contributed by atoms with E-state index in [2.05, 4.69) is 5.73 Å². The predicted octanol–water partition coefficient (Wildman–Crippen LogP) is -6.00. The zero-order valence-corrected chi connectivity index (χ0v) is 7.85. The fourth-order valence-corrected chi connectivity index (χ4v) is 0.478. The summed E-state index contributed by atoms with van der Waals surface area (Å²) in [5, 5.41) is 0. The van der Waals surface area contributed by atoms with E-state index in [1.807, 2.05) is 30.3 Å². The van der Waals surface area contributed by atoms with Crippen molar-refractivity contribution in [3.8, 4) is 0 Å². The Morgan fingerprint density at radius 2 is 1.36 bits per heavy atom. The lowest BCUT2D eigenvalue weighted by molar-refractivity contribution is -1.73. The first-order valence-electron chi connectivity index (χ1n) is 2.73. The summed E-state index contributed by atoms with van der Waals surface area (Å²) in [5.74, 6) is 0. The predicted molar refractivity (Wildman–Crippen MR) is 29.0 cm³/mol. The summed E-state index contributed by atoms with van der Waals surface area (Å²) in [7, 11) is 0. The maximum absolute atomic E-state index is 8.57. The lowest BCUT2D eigenvalue weighted by atomic mass is 10.3. The molecule has 0 unspecified atom stereocenters. The lowest BCUT2D eigenvalue weighted by Crippen LogP contribution is -4.05. The van der Waals surface area contributed by atoms with Crippen molar-refractivity contribution in [2.75, 3.05) is 0 Å². The van der Waals surface area contributed by atoms with Crippen LogP contribution >= 0.6 is 0 Å². The maximum atomic E-state index is 8.57. The van der Waals surface area contributed by atoms with E-state index in [1.165, 1.54) is 0 Å². The molecule has 0 atom stereocenters. The summed E-state index contributed by atoms with van der Waals surface area (Å²) in [6.45, 7) is 0. The molecule has 0 aromatic heterocycles. The van der Waals surface area contributed by atoms with Crippen LogP contribution in [-0.2, 0) is 0 Å². The molecule has 0 bridgehead atoms. The first-order valence-corrected chi connectivity index (χ1v) is 5.37. The van der Waals surface area contributed by atoms with Gasteiger partial charge in [0.1, 0.15) is 5.69 Å². The SMILES string of the molecule is [NH3+]c1ccccc1.[O-][I+2]([O-])[O-]. The minimum atomic E-state index is -4.01. The fraction of sp³-hybridized carbons (Fsp3) is 0. The average molecular weight is 269 g/mol. The van der Waals surface area contributed by atoms with E-state index >= 15 is 0 Å². The summed E-state index contributed by atoms with van der Waals surface area (Å²) in [5.41, 5.74) is 4.79. The summed E-state index contributed by atoms with van der Waals surface area (Å²) in [6.07, 6.45) is 0. The lowest BCUT2D eigenvalue weighted by Gasteiger charge is -1.84. The van der Waals surface area contributed by atoms with Crippen LogP contribution < -0.4 is 37.1 Å². The smallest absolute Gasteiger partial charge is 0.282 e. The third-order valence-electron chi connectivity index (χ3n) is 0.843. The largest absolute Gasteiger partial charge is 0.427 e. The van der Waals surface area contributed by atoms with Gasteiger partial charge in [0.15, 0.2) is 0 Å². The average Bonchev–Trinajstić information content (AvgIpc) is 1.87. The van der Waals surface area contributed by atoms with Gasteiger partial charge in [0, 0.05) is 0 Å². The van der Waals surface area contributed by atoms with Crippen LogP contribution in [0.1, 0.15) is 0 Å². The van der Waals surface area contributed by atoms with E-state index in [1.54, 1.807) is 0 Å². The molecule has 0 aliphatic heterocycles. The van der Waals surface area contributed by atoms with E-state index in [4.69, 9.17) is 10.3 Å². The molecule has 4 nitrogen and oxygen atoms in total. The summed E-state index contributed by atoms with van der Waals surface area (Å²) in [4.78, 5) is 0. The monoisotopic (exact) mass is 269 g/mol. The molecule has 0 amide bonds. The van der Waals surface area contributed by atoms with Gasteiger partial charge in [0.25, 0.3) is 21.1 Å². The van der Waals surface area contributed by atoms with Crippen LogP contribution in [-0.4, -0.2) is 0 Å². The molecule has 0 radical (unpaired) electrons. The molecule has 0 aliphatic carbocycles. The molecular weight excluding hydrogens is 261 g/mol. The Hall–Kier alpha value is -0.210. The van der Waals surface area contributed by atoms with Gasteiger partial charge in [0.05, 0.1) is 0 Å². The zero-order chi connectivity index (χ0) is 8.69. The Bertz CT molecular complexity index is 178. The molecule has 1 rings (SSSR count). The molecule has 0 saturated heterocycles. The molecule has 62 valence electrons. The number of hydrogen-bond donors (Lipinski definition) is 1. The van der Waals surface area contributed by atoms with Gasteiger partial charge in [-0.1, -0.05) is 18.2 Å². The second kappa shape index (κ2) is 6.50. The molecule has 0 saturated carbocycles. The van der Waals surface area contributed by atoms with Crippen molar-refractivity contribution in [1.29, 1.82) is 0 Å². The van der Waals surface area contributed by atoms with Crippen molar-refractivity contribution in [3.05, 3.63) is 30.3 Å². The highest BCUT2D eigenvalue weighted by atomic mass is 127. The minimum Gasteiger partial charge on any atom is -0.427 e. The molecule has 0 heterocycles. The van der Waals surface area contributed by atoms with Gasteiger partial charge >= 0.3 is 0 Å².